The van der Waals surface area contributed by atoms with Crippen molar-refractivity contribution in [3.05, 3.63) is 72.6 Å². The normalized spacial score (nSPS) is 11.6. The van der Waals surface area contributed by atoms with Crippen LogP contribution in [-0.2, 0) is 0 Å². The fourth-order valence-electron chi connectivity index (χ4n) is 3.36. The summed E-state index contributed by atoms with van der Waals surface area (Å²) in [4.78, 5) is 10.2. The van der Waals surface area contributed by atoms with Gasteiger partial charge in [-0.25, -0.2) is 4.90 Å². The molecule has 0 amide bonds. The summed E-state index contributed by atoms with van der Waals surface area (Å²) >= 11 is 0. The Morgan fingerprint density at radius 1 is 1.14 bits per heavy atom. The zero-order valence-electron chi connectivity index (χ0n) is 16.6. The topological polar surface area (TPSA) is 76.9 Å². The Morgan fingerprint density at radius 2 is 1.97 bits per heavy atom. The smallest absolute Gasteiger partial charge is 0.208 e. The average Bonchev–Trinajstić information content (AvgIpc) is 3.17. The Kier molecular flexibility index (Phi) is 4.91. The Morgan fingerprint density at radius 3 is 2.69 bits per heavy atom. The van der Waals surface area contributed by atoms with Crippen molar-refractivity contribution >= 4 is 28.5 Å². The van der Waals surface area contributed by atoms with Gasteiger partial charge in [0.05, 0.1) is 12.8 Å². The number of fused-ring (bicyclic) bond motifs is 1. The molecule has 0 aliphatic carbocycles. The van der Waals surface area contributed by atoms with Gasteiger partial charge in [-0.05, 0) is 47.9 Å². The number of methoxy groups -OCH3 is 1. The lowest BCUT2D eigenvalue weighted by Crippen LogP contribution is -2.33. The summed E-state index contributed by atoms with van der Waals surface area (Å²) in [6.45, 7) is 2.03. The van der Waals surface area contributed by atoms with Crippen LogP contribution in [0.2, 0.25) is 0 Å². The van der Waals surface area contributed by atoms with Crippen LogP contribution in [0, 0.1) is 6.92 Å². The van der Waals surface area contributed by atoms with E-state index in [4.69, 9.17) is 14.9 Å². The number of aliphatic imine (C=N–C) groups is 1. The van der Waals surface area contributed by atoms with Gasteiger partial charge >= 0.3 is 0 Å². The molecule has 0 spiro atoms. The number of benzene rings is 2. The Balaban J connectivity index is 1.92. The minimum Gasteiger partial charge on any atom is -0.495 e. The molecule has 2 N–H and O–H groups in total. The van der Waals surface area contributed by atoms with Crippen LogP contribution >= 0.6 is 0 Å². The number of anilines is 2. The first-order valence-corrected chi connectivity index (χ1v) is 9.22. The molecule has 0 aliphatic heterocycles. The van der Waals surface area contributed by atoms with E-state index in [0.29, 0.717) is 17.6 Å². The van der Waals surface area contributed by atoms with E-state index in [1.807, 2.05) is 67.7 Å². The average molecular weight is 386 g/mol. The Hall–Kier alpha value is -3.80. The summed E-state index contributed by atoms with van der Waals surface area (Å²) in [6, 6.07) is 17.7. The summed E-state index contributed by atoms with van der Waals surface area (Å²) in [6.07, 6.45) is 3.63. The second-order valence-corrected chi connectivity index (χ2v) is 6.62. The second-order valence-electron chi connectivity index (χ2n) is 6.62. The maximum Gasteiger partial charge on any atom is 0.208 e. The number of furan rings is 1. The lowest BCUT2D eigenvalue weighted by Gasteiger charge is -2.23. The number of guanidine groups is 1. The molecule has 4 rings (SSSR count). The number of nitrogens with two attached hydrogens (primary N) is 1. The van der Waals surface area contributed by atoms with Gasteiger partial charge in [0, 0.05) is 30.9 Å². The van der Waals surface area contributed by atoms with Crippen molar-refractivity contribution < 1.29 is 9.15 Å². The lowest BCUT2D eigenvalue weighted by atomic mass is 10.0. The first kappa shape index (κ1) is 18.6. The highest BCUT2D eigenvalue weighted by Gasteiger charge is 2.22. The standard InChI is InChI=1S/C23H22N4O2/c1-15-14-26-11-10-18(15)16-8-9-21(28-3)19(12-16)27(23(24)25-2)22-13-17-6-4-5-7-20(17)29-22/h4-14H,1-3H3,(H2,24,25). The third-order valence-corrected chi connectivity index (χ3v) is 4.84. The molecule has 2 aromatic carbocycles. The predicted molar refractivity (Wildman–Crippen MR) is 117 cm³/mol. The summed E-state index contributed by atoms with van der Waals surface area (Å²) in [5.41, 5.74) is 11.0. The number of pyridine rings is 1. The van der Waals surface area contributed by atoms with Gasteiger partial charge in [-0.3, -0.25) is 9.98 Å². The van der Waals surface area contributed by atoms with Crippen LogP contribution in [0.4, 0.5) is 11.6 Å². The van der Waals surface area contributed by atoms with Gasteiger partial charge in [-0.1, -0.05) is 24.3 Å². The van der Waals surface area contributed by atoms with Gasteiger partial charge in [-0.2, -0.15) is 0 Å². The molecule has 4 aromatic rings. The summed E-state index contributed by atoms with van der Waals surface area (Å²) in [5.74, 6) is 1.52. The van der Waals surface area contributed by atoms with Crippen molar-refractivity contribution in [2.45, 2.75) is 6.92 Å². The van der Waals surface area contributed by atoms with E-state index in [1.165, 1.54) is 0 Å². The zero-order valence-corrected chi connectivity index (χ0v) is 16.6. The molecule has 0 unspecified atom stereocenters. The van der Waals surface area contributed by atoms with Gasteiger partial charge in [-0.15, -0.1) is 0 Å². The predicted octanol–water partition coefficient (Wildman–Crippen LogP) is 4.89. The zero-order chi connectivity index (χ0) is 20.4. The number of aromatic nitrogens is 1. The molecule has 0 saturated carbocycles. The highest BCUT2D eigenvalue weighted by atomic mass is 16.5. The maximum atomic E-state index is 6.30. The van der Waals surface area contributed by atoms with Crippen LogP contribution in [0.25, 0.3) is 22.1 Å². The maximum absolute atomic E-state index is 6.30. The molecule has 0 saturated heterocycles. The largest absolute Gasteiger partial charge is 0.495 e. The first-order chi connectivity index (χ1) is 14.1. The van der Waals surface area contributed by atoms with E-state index in [-0.39, 0.29) is 0 Å². The lowest BCUT2D eigenvalue weighted by molar-refractivity contribution is 0.415. The molecule has 6 nitrogen and oxygen atoms in total. The van der Waals surface area contributed by atoms with Gasteiger partial charge in [0.1, 0.15) is 11.3 Å². The minimum absolute atomic E-state index is 0.297. The molecule has 6 heteroatoms. The number of nitrogens with zero attached hydrogens (tertiary/aromatic N) is 3. The molecule has 29 heavy (non-hydrogen) atoms. The van der Waals surface area contributed by atoms with Crippen molar-refractivity contribution in [1.29, 1.82) is 0 Å². The molecule has 0 aliphatic rings. The number of aryl methyl sites for hydroxylation is 1. The van der Waals surface area contributed by atoms with Crippen LogP contribution < -0.4 is 15.4 Å². The number of hydrogen-bond acceptors (Lipinski definition) is 4. The van der Waals surface area contributed by atoms with Crippen molar-refractivity contribution in [3.8, 4) is 16.9 Å². The Labute approximate surface area is 169 Å². The molecular weight excluding hydrogens is 364 g/mol. The second kappa shape index (κ2) is 7.67. The van der Waals surface area contributed by atoms with E-state index < -0.39 is 0 Å². The van der Waals surface area contributed by atoms with E-state index >= 15 is 0 Å². The highest BCUT2D eigenvalue weighted by Crippen LogP contribution is 2.39. The molecule has 0 fully saturated rings. The van der Waals surface area contributed by atoms with Crippen molar-refractivity contribution in [3.63, 3.8) is 0 Å². The third kappa shape index (κ3) is 3.40. The molecule has 0 atom stereocenters. The summed E-state index contributed by atoms with van der Waals surface area (Å²) < 4.78 is 11.7. The van der Waals surface area contributed by atoms with Gasteiger partial charge < -0.3 is 14.9 Å². The fraction of sp³-hybridized carbons (Fsp3) is 0.130. The SMILES string of the molecule is CN=C(N)N(c1cc2ccccc2o1)c1cc(-c2ccncc2C)ccc1OC. The van der Waals surface area contributed by atoms with E-state index in [0.717, 1.165) is 33.3 Å². The summed E-state index contributed by atoms with van der Waals surface area (Å²) in [7, 11) is 3.28. The van der Waals surface area contributed by atoms with Gasteiger partial charge in [0.15, 0.2) is 0 Å². The van der Waals surface area contributed by atoms with E-state index in [2.05, 4.69) is 9.98 Å². The van der Waals surface area contributed by atoms with Crippen LogP contribution in [0.1, 0.15) is 5.56 Å². The van der Waals surface area contributed by atoms with Crippen LogP contribution in [-0.4, -0.2) is 25.1 Å². The van der Waals surface area contributed by atoms with E-state index in [9.17, 15) is 0 Å². The monoisotopic (exact) mass is 386 g/mol. The number of hydrogen-bond donors (Lipinski definition) is 1. The van der Waals surface area contributed by atoms with E-state index in [1.54, 1.807) is 25.3 Å². The molecule has 0 bridgehead atoms. The molecule has 2 aromatic heterocycles. The molecule has 0 radical (unpaired) electrons. The third-order valence-electron chi connectivity index (χ3n) is 4.84. The Bertz CT molecular complexity index is 1160. The number of ether oxygens (including phenoxy) is 1. The van der Waals surface area contributed by atoms with Crippen molar-refractivity contribution in [2.24, 2.45) is 10.7 Å². The molecular formula is C23H22N4O2. The van der Waals surface area contributed by atoms with Crippen molar-refractivity contribution in [1.82, 2.24) is 4.98 Å². The number of para-hydroxylation sites is 1. The fourth-order valence-corrected chi connectivity index (χ4v) is 3.36. The highest BCUT2D eigenvalue weighted by molar-refractivity contribution is 6.04. The van der Waals surface area contributed by atoms with Crippen LogP contribution in [0.15, 0.2) is 76.4 Å². The quantitative estimate of drug-likeness (QED) is 0.399. The minimum atomic E-state index is 0.297. The molecule has 2 heterocycles. The van der Waals surface area contributed by atoms with Crippen molar-refractivity contribution in [2.75, 3.05) is 19.1 Å². The van der Waals surface area contributed by atoms with Crippen LogP contribution in [0.3, 0.4) is 0 Å². The summed E-state index contributed by atoms with van der Waals surface area (Å²) in [5, 5.41) is 0.983. The van der Waals surface area contributed by atoms with Gasteiger partial charge in [0.2, 0.25) is 11.8 Å². The van der Waals surface area contributed by atoms with Crippen LogP contribution in [0.5, 0.6) is 5.75 Å². The van der Waals surface area contributed by atoms with Gasteiger partial charge in [0.25, 0.3) is 0 Å². The molecule has 146 valence electrons. The number of rotatable bonds is 4. The first-order valence-electron chi connectivity index (χ1n) is 9.22.